The lowest BCUT2D eigenvalue weighted by atomic mass is 9.99. The molecule has 1 unspecified atom stereocenters. The first-order valence-electron chi connectivity index (χ1n) is 7.10. The minimum absolute atomic E-state index is 0.0442. The Morgan fingerprint density at radius 1 is 1.00 bits per heavy atom. The summed E-state index contributed by atoms with van der Waals surface area (Å²) in [4.78, 5) is 4.44. The van der Waals surface area contributed by atoms with Gasteiger partial charge in [0.05, 0.1) is 0 Å². The number of rotatable bonds is 6. The van der Waals surface area contributed by atoms with Gasteiger partial charge in [-0.15, -0.1) is 0 Å². The van der Waals surface area contributed by atoms with Gasteiger partial charge in [0, 0.05) is 6.21 Å². The predicted octanol–water partition coefficient (Wildman–Crippen LogP) is 5.35. The molecule has 0 aliphatic rings. The van der Waals surface area contributed by atoms with Gasteiger partial charge in [0.2, 0.25) is 0 Å². The van der Waals surface area contributed by atoms with Crippen LogP contribution in [0.4, 0.5) is 0 Å². The molecule has 0 bridgehead atoms. The van der Waals surface area contributed by atoms with Gasteiger partial charge in [0.1, 0.15) is 5.78 Å². The molecule has 7 heteroatoms. The molecule has 1 atom stereocenters. The first kappa shape index (κ1) is 20.3. The Bertz CT molecular complexity index is 372. The molecule has 0 aromatic rings. The van der Waals surface area contributed by atoms with Crippen LogP contribution in [0.3, 0.4) is 0 Å². The van der Waals surface area contributed by atoms with E-state index in [9.17, 15) is 4.57 Å². The highest BCUT2D eigenvalue weighted by Gasteiger charge is 2.41. The highest BCUT2D eigenvalue weighted by molar-refractivity contribution is 7.57. The molecule has 0 aliphatic carbocycles. The first-order chi connectivity index (χ1) is 8.54. The average molecular weight is 338 g/mol. The smallest absolute Gasteiger partial charge is 0.335 e. The average Bonchev–Trinajstić information content (AvgIpc) is 2.05. The van der Waals surface area contributed by atoms with Gasteiger partial charge in [-0.1, -0.05) is 20.8 Å². The molecule has 0 amide bonds. The van der Waals surface area contributed by atoms with Crippen LogP contribution in [0.1, 0.15) is 27.7 Å². The van der Waals surface area contributed by atoms with E-state index in [2.05, 4.69) is 25.8 Å². The van der Waals surface area contributed by atoms with E-state index in [0.29, 0.717) is 0 Å². The molecule has 0 radical (unpaired) electrons. The van der Waals surface area contributed by atoms with Gasteiger partial charge >= 0.3 is 7.60 Å². The van der Waals surface area contributed by atoms with Gasteiger partial charge in [-0.2, -0.15) is 0 Å². The van der Waals surface area contributed by atoms with E-state index in [0.717, 1.165) is 0 Å². The zero-order valence-electron chi connectivity index (χ0n) is 14.8. The molecule has 0 heterocycles. The summed E-state index contributed by atoms with van der Waals surface area (Å²) in [6.07, 6.45) is 1.84. The van der Waals surface area contributed by atoms with Gasteiger partial charge in [-0.3, -0.25) is 9.56 Å². The molecule has 0 saturated carbocycles. The standard InChI is InChI=1S/C13H32NO3PSi2/c1-12(14-11-13(2,3)4)18(15,16-19(5,6)7)17-20(8,9)10/h11-12H,1-10H3. The van der Waals surface area contributed by atoms with Crippen LogP contribution < -0.4 is 0 Å². The third-order valence-electron chi connectivity index (χ3n) is 1.94. The van der Waals surface area contributed by atoms with E-state index in [4.69, 9.17) is 8.43 Å². The van der Waals surface area contributed by atoms with Crippen molar-refractivity contribution < 1.29 is 13.0 Å². The van der Waals surface area contributed by atoms with Crippen molar-refractivity contribution in [2.75, 3.05) is 0 Å². The number of hydrogen-bond acceptors (Lipinski definition) is 4. The van der Waals surface area contributed by atoms with Crippen molar-refractivity contribution in [3.8, 4) is 0 Å². The number of aliphatic imine (C=N–C) groups is 1. The lowest BCUT2D eigenvalue weighted by Crippen LogP contribution is -2.32. The van der Waals surface area contributed by atoms with Crippen molar-refractivity contribution in [1.82, 2.24) is 0 Å². The Kier molecular flexibility index (Phi) is 6.65. The number of hydrogen-bond donors (Lipinski definition) is 0. The molecule has 0 N–H and O–H groups in total. The third-order valence-corrected chi connectivity index (χ3v) is 9.40. The second-order valence-corrected chi connectivity index (χ2v) is 20.0. The van der Waals surface area contributed by atoms with Crippen LogP contribution in [0.5, 0.6) is 0 Å². The van der Waals surface area contributed by atoms with Crippen LogP contribution in [-0.4, -0.2) is 28.6 Å². The van der Waals surface area contributed by atoms with Crippen LogP contribution in [0.25, 0.3) is 0 Å². The summed E-state index contributed by atoms with van der Waals surface area (Å²) in [6, 6.07) is 0. The van der Waals surface area contributed by atoms with Gasteiger partial charge in [0.25, 0.3) is 0 Å². The van der Waals surface area contributed by atoms with Gasteiger partial charge < -0.3 is 8.43 Å². The Morgan fingerprint density at radius 2 is 1.35 bits per heavy atom. The fourth-order valence-electron chi connectivity index (χ4n) is 1.35. The van der Waals surface area contributed by atoms with Gasteiger partial charge in [-0.25, -0.2) is 0 Å². The molecule has 4 nitrogen and oxygen atoms in total. The Labute approximate surface area is 127 Å². The minimum Gasteiger partial charge on any atom is -0.350 e. The normalized spacial score (nSPS) is 16.7. The number of nitrogens with zero attached hydrogens (tertiary/aromatic N) is 1. The van der Waals surface area contributed by atoms with E-state index in [-0.39, 0.29) is 5.41 Å². The quantitative estimate of drug-likeness (QED) is 0.373. The second-order valence-electron chi connectivity index (χ2n) is 8.22. The summed E-state index contributed by atoms with van der Waals surface area (Å²) >= 11 is 0. The fraction of sp³-hybridized carbons (Fsp3) is 0.923. The van der Waals surface area contributed by atoms with Crippen molar-refractivity contribution in [3.05, 3.63) is 0 Å². The van der Waals surface area contributed by atoms with Crippen LogP contribution >= 0.6 is 7.60 Å². The molecule has 0 aromatic carbocycles. The molecular weight excluding hydrogens is 305 g/mol. The molecule has 0 saturated heterocycles. The Morgan fingerprint density at radius 3 is 1.60 bits per heavy atom. The predicted molar refractivity (Wildman–Crippen MR) is 93.9 cm³/mol. The van der Waals surface area contributed by atoms with E-state index in [1.54, 1.807) is 0 Å². The van der Waals surface area contributed by atoms with Crippen molar-refractivity contribution in [1.29, 1.82) is 0 Å². The summed E-state index contributed by atoms with van der Waals surface area (Å²) in [5, 5.41) is 0. The maximum atomic E-state index is 13.2. The van der Waals surface area contributed by atoms with Crippen LogP contribution in [0, 0.1) is 5.41 Å². The molecule has 0 fully saturated rings. The highest BCUT2D eigenvalue weighted by atomic mass is 31.2. The topological polar surface area (TPSA) is 47.9 Å². The molecule has 0 aliphatic heterocycles. The summed E-state index contributed by atoms with van der Waals surface area (Å²) in [6.45, 7) is 20.1. The van der Waals surface area contributed by atoms with Crippen molar-refractivity contribution >= 4 is 30.4 Å². The van der Waals surface area contributed by atoms with Crippen LogP contribution in [0.15, 0.2) is 4.99 Å². The zero-order valence-corrected chi connectivity index (χ0v) is 17.7. The third kappa shape index (κ3) is 9.24. The monoisotopic (exact) mass is 337 g/mol. The van der Waals surface area contributed by atoms with E-state index < -0.39 is 30.0 Å². The summed E-state index contributed by atoms with van der Waals surface area (Å²) in [5.74, 6) is -0.458. The van der Waals surface area contributed by atoms with Crippen LogP contribution in [-0.2, 0) is 13.0 Å². The highest BCUT2D eigenvalue weighted by Crippen LogP contribution is 2.57. The molecule has 0 rings (SSSR count). The van der Waals surface area contributed by atoms with E-state index in [1.807, 2.05) is 52.4 Å². The summed E-state index contributed by atoms with van der Waals surface area (Å²) in [5.41, 5.74) is -0.0442. The zero-order chi connectivity index (χ0) is 16.4. The lowest BCUT2D eigenvalue weighted by Gasteiger charge is -2.33. The molecule has 120 valence electrons. The van der Waals surface area contributed by atoms with Gasteiger partial charge in [0.15, 0.2) is 16.6 Å². The maximum absolute atomic E-state index is 13.2. The Hall–Kier alpha value is 0.254. The molecule has 0 aromatic heterocycles. The summed E-state index contributed by atoms with van der Waals surface area (Å²) < 4.78 is 25.0. The first-order valence-corrected chi connectivity index (χ1v) is 15.5. The van der Waals surface area contributed by atoms with Crippen molar-refractivity contribution in [3.63, 3.8) is 0 Å². The van der Waals surface area contributed by atoms with Gasteiger partial charge in [-0.05, 0) is 51.6 Å². The van der Waals surface area contributed by atoms with Crippen molar-refractivity contribution in [2.45, 2.75) is 72.8 Å². The minimum atomic E-state index is -3.21. The molecule has 0 spiro atoms. The second kappa shape index (κ2) is 6.57. The maximum Gasteiger partial charge on any atom is 0.335 e. The Balaban J connectivity index is 5.32. The lowest BCUT2D eigenvalue weighted by molar-refractivity contribution is 0.372. The van der Waals surface area contributed by atoms with E-state index >= 15 is 0 Å². The molecule has 20 heavy (non-hydrogen) atoms. The summed E-state index contributed by atoms with van der Waals surface area (Å²) in [7, 11) is -7.15. The van der Waals surface area contributed by atoms with Crippen molar-refractivity contribution in [2.24, 2.45) is 10.4 Å². The SMILES string of the molecule is CC(N=CC(C)(C)C)P(=O)(O[Si](C)(C)C)O[Si](C)(C)C. The fourth-order valence-corrected chi connectivity index (χ4v) is 9.39. The van der Waals surface area contributed by atoms with Crippen LogP contribution in [0.2, 0.25) is 39.3 Å². The largest absolute Gasteiger partial charge is 0.350 e. The van der Waals surface area contributed by atoms with E-state index in [1.165, 1.54) is 0 Å². The molecular formula is C13H32NO3PSi2.